The Bertz CT molecular complexity index is 1000. The zero-order valence-corrected chi connectivity index (χ0v) is 21.1. The lowest BCUT2D eigenvalue weighted by molar-refractivity contribution is 0.522. The number of fused-ring (bicyclic) bond motifs is 1. The molecule has 0 saturated heterocycles. The quantitative estimate of drug-likeness (QED) is 0.256. The molecule has 1 nitrogen and oxygen atoms in total. The molecule has 3 heteroatoms. The smallest absolute Gasteiger partial charge is 0.0595 e. The monoisotopic (exact) mass is 467 g/mol. The molecular weight excluding hydrogens is 433 g/mol. The highest BCUT2D eigenvalue weighted by Crippen LogP contribution is 2.44. The van der Waals surface area contributed by atoms with Crippen LogP contribution >= 0.6 is 23.2 Å². The molecule has 0 radical (unpaired) electrons. The number of allylic oxidation sites excluding steroid dienone is 2. The van der Waals surface area contributed by atoms with Crippen LogP contribution < -0.4 is 0 Å². The van der Waals surface area contributed by atoms with Gasteiger partial charge in [-0.1, -0.05) is 99.6 Å². The Balaban J connectivity index is 1.73. The second-order valence-corrected chi connectivity index (χ2v) is 10.2. The molecule has 0 heterocycles. The summed E-state index contributed by atoms with van der Waals surface area (Å²) in [6.45, 7) is 11.1. The first-order valence-corrected chi connectivity index (χ1v) is 12.6. The molecule has 1 aliphatic rings. The van der Waals surface area contributed by atoms with E-state index in [-0.39, 0.29) is 5.92 Å². The fourth-order valence-electron chi connectivity index (χ4n) is 4.40. The van der Waals surface area contributed by atoms with Crippen molar-refractivity contribution >= 4 is 34.5 Å². The minimum absolute atomic E-state index is 0.217. The van der Waals surface area contributed by atoms with E-state index >= 15 is 0 Å². The van der Waals surface area contributed by atoms with Gasteiger partial charge < -0.3 is 0 Å². The summed E-state index contributed by atoms with van der Waals surface area (Å²) in [6, 6.07) is 14.5. The van der Waals surface area contributed by atoms with Gasteiger partial charge in [0.25, 0.3) is 0 Å². The van der Waals surface area contributed by atoms with Crippen LogP contribution in [0.25, 0.3) is 5.57 Å². The summed E-state index contributed by atoms with van der Waals surface area (Å²) < 4.78 is 0. The molecule has 1 unspecified atom stereocenters. The van der Waals surface area contributed by atoms with Gasteiger partial charge in [0.1, 0.15) is 0 Å². The van der Waals surface area contributed by atoms with Crippen molar-refractivity contribution < 1.29 is 0 Å². The van der Waals surface area contributed by atoms with Gasteiger partial charge in [-0.3, -0.25) is 4.99 Å². The largest absolute Gasteiger partial charge is 0.266 e. The van der Waals surface area contributed by atoms with Crippen LogP contribution in [0.1, 0.15) is 88.3 Å². The maximum absolute atomic E-state index is 6.34. The maximum atomic E-state index is 6.34. The maximum Gasteiger partial charge on any atom is 0.0595 e. The van der Waals surface area contributed by atoms with Gasteiger partial charge in [-0.15, -0.1) is 0 Å². The van der Waals surface area contributed by atoms with Gasteiger partial charge in [-0.2, -0.15) is 0 Å². The molecule has 2 aromatic rings. The molecule has 0 spiro atoms. The highest BCUT2D eigenvalue weighted by atomic mass is 35.5. The summed E-state index contributed by atoms with van der Waals surface area (Å²) in [5.74, 6) is 1.03. The number of halogens is 2. The summed E-state index contributed by atoms with van der Waals surface area (Å²) in [5.41, 5.74) is 7.11. The first-order valence-electron chi connectivity index (χ1n) is 11.8. The molecule has 0 fully saturated rings. The minimum atomic E-state index is 0.217. The van der Waals surface area contributed by atoms with Crippen molar-refractivity contribution in [1.29, 1.82) is 0 Å². The zero-order valence-electron chi connectivity index (χ0n) is 19.6. The average molecular weight is 469 g/mol. The lowest BCUT2D eigenvalue weighted by Crippen LogP contribution is -2.12. The fourth-order valence-corrected chi connectivity index (χ4v) is 4.71. The Labute approximate surface area is 204 Å². The van der Waals surface area contributed by atoms with E-state index in [0.29, 0.717) is 10.0 Å². The van der Waals surface area contributed by atoms with Crippen molar-refractivity contribution in [2.24, 2.45) is 10.9 Å². The Morgan fingerprint density at radius 2 is 1.81 bits per heavy atom. The highest BCUT2D eigenvalue weighted by molar-refractivity contribution is 6.42. The van der Waals surface area contributed by atoms with Crippen LogP contribution in [0.3, 0.4) is 0 Å². The Morgan fingerprint density at radius 1 is 1.06 bits per heavy atom. The third kappa shape index (κ3) is 6.59. The normalized spacial score (nSPS) is 17.8. The van der Waals surface area contributed by atoms with Crippen molar-refractivity contribution in [3.63, 3.8) is 0 Å². The second-order valence-electron chi connectivity index (χ2n) is 9.36. The molecule has 0 saturated carbocycles. The molecule has 0 amide bonds. The summed E-state index contributed by atoms with van der Waals surface area (Å²) in [5, 5.41) is 1.18. The Morgan fingerprint density at radius 3 is 2.56 bits per heavy atom. The molecule has 0 aliphatic heterocycles. The number of aliphatic imine (C=N–C) groups is 1. The van der Waals surface area contributed by atoms with Crippen LogP contribution in [0.5, 0.6) is 0 Å². The first kappa shape index (κ1) is 24.8. The summed E-state index contributed by atoms with van der Waals surface area (Å²) in [7, 11) is 0. The predicted molar refractivity (Wildman–Crippen MR) is 142 cm³/mol. The first-order chi connectivity index (χ1) is 15.4. The van der Waals surface area contributed by atoms with Crippen molar-refractivity contribution in [3.05, 3.63) is 87.6 Å². The van der Waals surface area contributed by atoms with Crippen LogP contribution in [0.2, 0.25) is 10.0 Å². The molecule has 170 valence electrons. The number of unbranched alkanes of at least 4 members (excludes halogenated alkanes) is 3. The van der Waals surface area contributed by atoms with Crippen LogP contribution in [0.15, 0.2) is 65.8 Å². The molecule has 0 N–H and O–H groups in total. The Kier molecular flexibility index (Phi) is 9.20. The van der Waals surface area contributed by atoms with Crippen molar-refractivity contribution in [2.45, 2.75) is 71.6 Å². The molecule has 1 atom stereocenters. The fraction of sp³-hybridized carbons (Fsp3) is 0.414. The van der Waals surface area contributed by atoms with Crippen molar-refractivity contribution in [1.82, 2.24) is 0 Å². The second kappa shape index (κ2) is 11.9. The summed E-state index contributed by atoms with van der Waals surface area (Å²) in [6.07, 6.45) is 10.5. The topological polar surface area (TPSA) is 12.4 Å². The van der Waals surface area contributed by atoms with E-state index < -0.39 is 0 Å². The van der Waals surface area contributed by atoms with E-state index in [0.717, 1.165) is 24.3 Å². The standard InChI is InChI=1S/C29H35Cl2N/c1-20(2)11-7-5-6-8-12-21(3)32-19-24-17-27(23-15-16-28(30)29(31)18-23)26-14-10-9-13-25(26)22(24)4/h9-10,13-16,18-20,27H,4-8,11-12,17H2,1-3H3. The number of hydrogen-bond acceptors (Lipinski definition) is 1. The van der Waals surface area contributed by atoms with Gasteiger partial charge in [0.15, 0.2) is 0 Å². The minimum Gasteiger partial charge on any atom is -0.266 e. The summed E-state index contributed by atoms with van der Waals surface area (Å²) in [4.78, 5) is 4.82. The van der Waals surface area contributed by atoms with E-state index in [1.807, 2.05) is 18.3 Å². The lowest BCUT2D eigenvalue weighted by atomic mass is 9.75. The van der Waals surface area contributed by atoms with Crippen molar-refractivity contribution in [2.75, 3.05) is 0 Å². The predicted octanol–water partition coefficient (Wildman–Crippen LogP) is 9.88. The number of rotatable bonds is 9. The van der Waals surface area contributed by atoms with E-state index in [9.17, 15) is 0 Å². The number of nitrogens with zero attached hydrogens (tertiary/aromatic N) is 1. The molecule has 2 aromatic carbocycles. The van der Waals surface area contributed by atoms with Crippen LogP contribution in [-0.4, -0.2) is 5.71 Å². The van der Waals surface area contributed by atoms with E-state index in [1.165, 1.54) is 60.1 Å². The molecule has 0 bridgehead atoms. The molecular formula is C29H35Cl2N. The van der Waals surface area contributed by atoms with Crippen LogP contribution in [-0.2, 0) is 0 Å². The zero-order chi connectivity index (χ0) is 23.1. The lowest BCUT2D eigenvalue weighted by Gasteiger charge is -2.29. The Hall–Kier alpha value is -1.83. The summed E-state index contributed by atoms with van der Waals surface area (Å²) >= 11 is 12.5. The average Bonchev–Trinajstić information content (AvgIpc) is 2.77. The third-order valence-corrected chi connectivity index (χ3v) is 7.07. The van der Waals surface area contributed by atoms with E-state index in [1.54, 1.807) is 0 Å². The van der Waals surface area contributed by atoms with E-state index in [2.05, 4.69) is 57.7 Å². The van der Waals surface area contributed by atoms with Gasteiger partial charge in [0.2, 0.25) is 0 Å². The number of hydrogen-bond donors (Lipinski definition) is 0. The molecule has 0 aromatic heterocycles. The third-order valence-electron chi connectivity index (χ3n) is 6.33. The molecule has 1 aliphatic carbocycles. The molecule has 32 heavy (non-hydrogen) atoms. The van der Waals surface area contributed by atoms with Crippen LogP contribution in [0.4, 0.5) is 0 Å². The van der Waals surface area contributed by atoms with Gasteiger partial charge in [-0.05, 0) is 72.1 Å². The molecule has 3 rings (SSSR count). The van der Waals surface area contributed by atoms with E-state index in [4.69, 9.17) is 28.2 Å². The van der Waals surface area contributed by atoms with Gasteiger partial charge in [-0.25, -0.2) is 0 Å². The van der Waals surface area contributed by atoms with Gasteiger partial charge >= 0.3 is 0 Å². The van der Waals surface area contributed by atoms with Gasteiger partial charge in [0, 0.05) is 17.8 Å². The number of benzene rings is 2. The van der Waals surface area contributed by atoms with Gasteiger partial charge in [0.05, 0.1) is 10.0 Å². The van der Waals surface area contributed by atoms with Crippen LogP contribution in [0, 0.1) is 5.92 Å². The van der Waals surface area contributed by atoms with Crippen molar-refractivity contribution in [3.8, 4) is 0 Å². The highest BCUT2D eigenvalue weighted by Gasteiger charge is 2.27. The SMILES string of the molecule is C=C1C(=CN=C(C)CCCCCCC(C)C)CC(c2ccc(Cl)c(Cl)c2)c2ccccc21.